The van der Waals surface area contributed by atoms with Crippen LogP contribution in [-0.2, 0) is 9.53 Å². The molecule has 0 aliphatic carbocycles. The highest BCUT2D eigenvalue weighted by Crippen LogP contribution is 2.31. The third-order valence-corrected chi connectivity index (χ3v) is 7.78. The molecule has 0 spiro atoms. The SMILES string of the molecule is C=CCOc1ccc([C@@H]2C(C(=O)OCC)=C(C)N=c3s/c(=C\c4ccc(OC(=O)c5ccc(OC)cc5)cc4)c(=O)n32)cc1. The van der Waals surface area contributed by atoms with Gasteiger partial charge in [0, 0.05) is 0 Å². The Kier molecular flexibility index (Phi) is 9.20. The lowest BCUT2D eigenvalue weighted by Crippen LogP contribution is -2.39. The summed E-state index contributed by atoms with van der Waals surface area (Å²) in [4.78, 5) is 44.6. The van der Waals surface area contributed by atoms with E-state index in [-0.39, 0.29) is 12.2 Å². The summed E-state index contributed by atoms with van der Waals surface area (Å²) in [6.07, 6.45) is 3.39. The zero-order valence-electron chi connectivity index (χ0n) is 24.4. The molecule has 0 bridgehead atoms. The van der Waals surface area contributed by atoms with Gasteiger partial charge in [-0.25, -0.2) is 14.6 Å². The molecule has 4 aromatic rings. The van der Waals surface area contributed by atoms with Gasteiger partial charge < -0.3 is 18.9 Å². The minimum Gasteiger partial charge on any atom is -0.497 e. The molecule has 44 heavy (non-hydrogen) atoms. The molecule has 224 valence electrons. The van der Waals surface area contributed by atoms with E-state index >= 15 is 0 Å². The van der Waals surface area contributed by atoms with Gasteiger partial charge in [-0.15, -0.1) is 0 Å². The van der Waals surface area contributed by atoms with E-state index in [1.807, 2.05) is 12.1 Å². The second-order valence-electron chi connectivity index (χ2n) is 9.66. The molecule has 3 aromatic carbocycles. The first kappa shape index (κ1) is 30.2. The number of fused-ring (bicyclic) bond motifs is 1. The second kappa shape index (κ2) is 13.4. The van der Waals surface area contributed by atoms with Crippen LogP contribution in [-0.4, -0.2) is 36.8 Å². The minimum absolute atomic E-state index is 0.187. The molecule has 2 heterocycles. The average molecular weight is 611 g/mol. The number of methoxy groups -OCH3 is 1. The van der Waals surface area contributed by atoms with E-state index in [1.54, 1.807) is 93.8 Å². The number of ether oxygens (including phenoxy) is 4. The predicted molar refractivity (Wildman–Crippen MR) is 167 cm³/mol. The number of nitrogens with zero attached hydrogens (tertiary/aromatic N) is 2. The van der Waals surface area contributed by atoms with Crippen LogP contribution in [0.4, 0.5) is 0 Å². The summed E-state index contributed by atoms with van der Waals surface area (Å²) in [5, 5.41) is 0. The number of thiazole rings is 1. The Hall–Kier alpha value is -5.22. The fourth-order valence-corrected chi connectivity index (χ4v) is 5.73. The van der Waals surface area contributed by atoms with Crippen LogP contribution in [0.25, 0.3) is 6.08 Å². The third kappa shape index (κ3) is 6.40. The number of carbonyl (C=O) groups excluding carboxylic acids is 2. The highest BCUT2D eigenvalue weighted by Gasteiger charge is 2.33. The molecular weight excluding hydrogens is 580 g/mol. The molecule has 1 aliphatic heterocycles. The van der Waals surface area contributed by atoms with Crippen LogP contribution in [0, 0.1) is 0 Å². The zero-order chi connectivity index (χ0) is 31.2. The molecule has 9 nitrogen and oxygen atoms in total. The van der Waals surface area contributed by atoms with Crippen molar-refractivity contribution in [2.75, 3.05) is 20.3 Å². The second-order valence-corrected chi connectivity index (χ2v) is 10.7. The Morgan fingerprint density at radius 3 is 2.25 bits per heavy atom. The smallest absolute Gasteiger partial charge is 0.343 e. The van der Waals surface area contributed by atoms with Gasteiger partial charge in [0.25, 0.3) is 5.56 Å². The van der Waals surface area contributed by atoms with Crippen LogP contribution in [0.5, 0.6) is 17.2 Å². The molecule has 0 fully saturated rings. The van der Waals surface area contributed by atoms with Gasteiger partial charge in [-0.1, -0.05) is 48.3 Å². The largest absolute Gasteiger partial charge is 0.497 e. The first-order valence-corrected chi connectivity index (χ1v) is 14.6. The quantitative estimate of drug-likeness (QED) is 0.147. The normalized spacial score (nSPS) is 14.3. The van der Waals surface area contributed by atoms with Gasteiger partial charge in [0.05, 0.1) is 41.1 Å². The summed E-state index contributed by atoms with van der Waals surface area (Å²) in [6, 6.07) is 19.9. The van der Waals surface area contributed by atoms with E-state index in [9.17, 15) is 14.4 Å². The van der Waals surface area contributed by atoms with Crippen molar-refractivity contribution in [2.24, 2.45) is 4.99 Å². The molecule has 0 saturated heterocycles. The van der Waals surface area contributed by atoms with Crippen molar-refractivity contribution >= 4 is 29.4 Å². The fourth-order valence-electron chi connectivity index (χ4n) is 4.68. The van der Waals surface area contributed by atoms with Crippen molar-refractivity contribution in [3.05, 3.63) is 133 Å². The molecule has 0 radical (unpaired) electrons. The minimum atomic E-state index is -0.736. The topological polar surface area (TPSA) is 105 Å². The first-order valence-electron chi connectivity index (χ1n) is 13.8. The van der Waals surface area contributed by atoms with E-state index in [0.29, 0.717) is 55.6 Å². The fraction of sp³-hybridized carbons (Fsp3) is 0.176. The predicted octanol–water partition coefficient (Wildman–Crippen LogP) is 4.59. The number of hydrogen-bond acceptors (Lipinski definition) is 9. The van der Waals surface area contributed by atoms with Crippen LogP contribution in [0.15, 0.2) is 107 Å². The standard InChI is InChI=1S/C34H30N2O7S/c1-5-19-42-26-17-9-23(10-18-26)30-29(33(39)41-6-2)21(3)35-34-36(30)31(37)28(44-34)20-22-7-13-27(14-8-22)43-32(38)24-11-15-25(40-4)16-12-24/h5,7-18,20,30H,1,6,19H2,2-4H3/b28-20-/t30-/m1/s1. The molecule has 5 rings (SSSR count). The van der Waals surface area contributed by atoms with Gasteiger partial charge in [-0.2, -0.15) is 0 Å². The van der Waals surface area contributed by atoms with Crippen LogP contribution in [0.3, 0.4) is 0 Å². The summed E-state index contributed by atoms with van der Waals surface area (Å²) >= 11 is 1.23. The maximum absolute atomic E-state index is 13.9. The number of allylic oxidation sites excluding steroid dienone is 1. The molecule has 1 aliphatic rings. The number of benzene rings is 3. The van der Waals surface area contributed by atoms with Crippen LogP contribution in [0.2, 0.25) is 0 Å². The molecule has 10 heteroatoms. The summed E-state index contributed by atoms with van der Waals surface area (Å²) in [5.74, 6) is 0.611. The number of esters is 2. The van der Waals surface area contributed by atoms with Crippen molar-refractivity contribution in [1.29, 1.82) is 0 Å². The Labute approximate surface area is 257 Å². The lowest BCUT2D eigenvalue weighted by molar-refractivity contribution is -0.139. The van der Waals surface area contributed by atoms with Crippen LogP contribution >= 0.6 is 11.3 Å². The van der Waals surface area contributed by atoms with Gasteiger partial charge in [-0.3, -0.25) is 9.36 Å². The van der Waals surface area contributed by atoms with E-state index in [4.69, 9.17) is 18.9 Å². The zero-order valence-corrected chi connectivity index (χ0v) is 25.3. The lowest BCUT2D eigenvalue weighted by Gasteiger charge is -2.24. The molecular formula is C34H30N2O7S. The Bertz CT molecular complexity index is 1900. The van der Waals surface area contributed by atoms with E-state index in [1.165, 1.54) is 15.9 Å². The van der Waals surface area contributed by atoms with E-state index in [0.717, 1.165) is 5.56 Å². The number of carbonyl (C=O) groups is 2. The van der Waals surface area contributed by atoms with E-state index in [2.05, 4.69) is 11.6 Å². The number of aromatic nitrogens is 1. The van der Waals surface area contributed by atoms with Crippen molar-refractivity contribution < 1.29 is 28.5 Å². The van der Waals surface area contributed by atoms with Crippen molar-refractivity contribution in [1.82, 2.24) is 4.57 Å². The van der Waals surface area contributed by atoms with Gasteiger partial charge in [-0.05, 0) is 79.6 Å². The van der Waals surface area contributed by atoms with Gasteiger partial charge in [0.1, 0.15) is 23.9 Å². The number of rotatable bonds is 10. The monoisotopic (exact) mass is 610 g/mol. The molecule has 0 N–H and O–H groups in total. The molecule has 0 unspecified atom stereocenters. The summed E-state index contributed by atoms with van der Waals surface area (Å²) in [5.41, 5.74) is 2.31. The number of hydrogen-bond donors (Lipinski definition) is 0. The van der Waals surface area contributed by atoms with Gasteiger partial charge >= 0.3 is 11.9 Å². The average Bonchev–Trinajstić information content (AvgIpc) is 3.34. The third-order valence-electron chi connectivity index (χ3n) is 6.79. The maximum Gasteiger partial charge on any atom is 0.343 e. The van der Waals surface area contributed by atoms with Crippen molar-refractivity contribution in [3.63, 3.8) is 0 Å². The molecule has 1 aromatic heterocycles. The Balaban J connectivity index is 1.47. The molecule has 0 amide bonds. The van der Waals surface area contributed by atoms with Gasteiger partial charge in [0.15, 0.2) is 4.80 Å². The van der Waals surface area contributed by atoms with E-state index < -0.39 is 18.0 Å². The maximum atomic E-state index is 13.9. The highest BCUT2D eigenvalue weighted by atomic mass is 32.1. The summed E-state index contributed by atoms with van der Waals surface area (Å²) in [7, 11) is 1.55. The highest BCUT2D eigenvalue weighted by molar-refractivity contribution is 7.07. The molecule has 0 saturated carbocycles. The Morgan fingerprint density at radius 1 is 0.955 bits per heavy atom. The van der Waals surface area contributed by atoms with Crippen LogP contribution < -0.4 is 29.1 Å². The van der Waals surface area contributed by atoms with Crippen molar-refractivity contribution in [3.8, 4) is 17.2 Å². The summed E-state index contributed by atoms with van der Waals surface area (Å²) in [6.45, 7) is 7.68. The molecule has 1 atom stereocenters. The van der Waals surface area contributed by atoms with Gasteiger partial charge in [0.2, 0.25) is 0 Å². The Morgan fingerprint density at radius 2 is 1.61 bits per heavy atom. The first-order chi connectivity index (χ1) is 21.3. The van der Waals surface area contributed by atoms with Crippen LogP contribution in [0.1, 0.15) is 41.4 Å². The summed E-state index contributed by atoms with van der Waals surface area (Å²) < 4.78 is 23.5. The van der Waals surface area contributed by atoms with Crippen molar-refractivity contribution in [2.45, 2.75) is 19.9 Å². The lowest BCUT2D eigenvalue weighted by atomic mass is 9.96.